The Labute approximate surface area is 202 Å². The molecule has 3 aromatic rings. The van der Waals surface area contributed by atoms with Crippen LogP contribution in [0.3, 0.4) is 0 Å². The lowest BCUT2D eigenvalue weighted by atomic mass is 10.1. The van der Waals surface area contributed by atoms with Crippen LogP contribution in [-0.4, -0.2) is 58.6 Å². The first-order valence-electron chi connectivity index (χ1n) is 11.2. The number of hydrogen-bond donors (Lipinski definition) is 2. The fourth-order valence-electron chi connectivity index (χ4n) is 3.66. The van der Waals surface area contributed by atoms with E-state index in [2.05, 4.69) is 20.6 Å². The number of likely N-dealkylation sites (tertiary alicyclic amines) is 1. The number of piperidine rings is 1. The second-order valence-electron chi connectivity index (χ2n) is 9.12. The first kappa shape index (κ1) is 23.7. The molecule has 1 saturated heterocycles. The molecule has 2 aromatic heterocycles. The van der Waals surface area contributed by atoms with Crippen molar-refractivity contribution in [1.29, 1.82) is 0 Å². The van der Waals surface area contributed by atoms with E-state index in [0.29, 0.717) is 30.3 Å². The summed E-state index contributed by atoms with van der Waals surface area (Å²) in [7, 11) is 1.56. The van der Waals surface area contributed by atoms with Gasteiger partial charge in [0.1, 0.15) is 22.8 Å². The number of thiazole rings is 1. The molecule has 1 atom stereocenters. The van der Waals surface area contributed by atoms with Crippen molar-refractivity contribution >= 4 is 38.7 Å². The van der Waals surface area contributed by atoms with Crippen molar-refractivity contribution in [1.82, 2.24) is 20.2 Å². The van der Waals surface area contributed by atoms with Gasteiger partial charge in [0.25, 0.3) is 5.91 Å². The number of carbonyl (C=O) groups excluding carboxylic acids is 2. The molecule has 0 radical (unpaired) electrons. The molecular weight excluding hydrogens is 454 g/mol. The van der Waals surface area contributed by atoms with Crippen LogP contribution < -0.4 is 15.4 Å². The summed E-state index contributed by atoms with van der Waals surface area (Å²) >= 11 is 1.53. The molecule has 1 aliphatic rings. The molecule has 0 aliphatic carbocycles. The number of aromatic nitrogens is 2. The van der Waals surface area contributed by atoms with E-state index in [1.54, 1.807) is 24.1 Å². The van der Waals surface area contributed by atoms with Gasteiger partial charge in [0.05, 0.1) is 10.2 Å². The van der Waals surface area contributed by atoms with E-state index < -0.39 is 5.60 Å². The number of ether oxygens (including phenoxy) is 2. The minimum atomic E-state index is -0.509. The van der Waals surface area contributed by atoms with Crippen LogP contribution >= 0.6 is 11.3 Å². The SMILES string of the molecule is CNC(=O)c1cc(Oc2ccc3nc(NC4CCCN(C(=O)OC(C)(C)C)C4)sc3c2)ccn1. The van der Waals surface area contributed by atoms with Crippen LogP contribution in [0.25, 0.3) is 10.2 Å². The third kappa shape index (κ3) is 5.93. The van der Waals surface area contributed by atoms with Crippen LogP contribution in [0.5, 0.6) is 11.5 Å². The van der Waals surface area contributed by atoms with Gasteiger partial charge < -0.3 is 25.0 Å². The van der Waals surface area contributed by atoms with Crippen molar-refractivity contribution in [3.8, 4) is 11.5 Å². The van der Waals surface area contributed by atoms with Gasteiger partial charge in [0, 0.05) is 44.5 Å². The van der Waals surface area contributed by atoms with Crippen molar-refractivity contribution in [2.45, 2.75) is 45.3 Å². The summed E-state index contributed by atoms with van der Waals surface area (Å²) in [4.78, 5) is 34.7. The minimum Gasteiger partial charge on any atom is -0.457 e. The van der Waals surface area contributed by atoms with Gasteiger partial charge in [-0.1, -0.05) is 11.3 Å². The zero-order valence-electron chi connectivity index (χ0n) is 19.8. The molecule has 1 aromatic carbocycles. The van der Waals surface area contributed by atoms with E-state index in [4.69, 9.17) is 9.47 Å². The van der Waals surface area contributed by atoms with Crippen molar-refractivity contribution in [3.05, 3.63) is 42.2 Å². The van der Waals surface area contributed by atoms with Gasteiger partial charge in [-0.2, -0.15) is 0 Å². The van der Waals surface area contributed by atoms with E-state index in [-0.39, 0.29) is 18.0 Å². The zero-order chi connectivity index (χ0) is 24.3. The number of benzene rings is 1. The summed E-state index contributed by atoms with van der Waals surface area (Å²) in [6, 6.07) is 9.08. The fraction of sp³-hybridized carbons (Fsp3) is 0.417. The van der Waals surface area contributed by atoms with Crippen molar-refractivity contribution in [2.75, 3.05) is 25.5 Å². The zero-order valence-corrected chi connectivity index (χ0v) is 20.6. The van der Waals surface area contributed by atoms with E-state index in [9.17, 15) is 9.59 Å². The van der Waals surface area contributed by atoms with Gasteiger partial charge in [-0.3, -0.25) is 9.78 Å². The standard InChI is InChI=1S/C24H29N5O4S/c1-24(2,3)33-23(31)29-11-5-6-15(14-29)27-22-28-18-8-7-16(13-20(18)34-22)32-17-9-10-26-19(12-17)21(30)25-4/h7-10,12-13,15H,5-6,11,14H2,1-4H3,(H,25,30)(H,27,28). The topological polar surface area (TPSA) is 106 Å². The number of fused-ring (bicyclic) bond motifs is 1. The average Bonchev–Trinajstić information content (AvgIpc) is 3.19. The monoisotopic (exact) mass is 483 g/mol. The van der Waals surface area contributed by atoms with Crippen molar-refractivity contribution < 1.29 is 19.1 Å². The van der Waals surface area contributed by atoms with Gasteiger partial charge in [-0.25, -0.2) is 9.78 Å². The predicted molar refractivity (Wildman–Crippen MR) is 132 cm³/mol. The van der Waals surface area contributed by atoms with Crippen LogP contribution in [0.15, 0.2) is 36.5 Å². The minimum absolute atomic E-state index is 0.109. The normalized spacial score (nSPS) is 16.2. The number of rotatable bonds is 5. The van der Waals surface area contributed by atoms with E-state index >= 15 is 0 Å². The Kier molecular flexibility index (Phi) is 6.87. The second kappa shape index (κ2) is 9.84. The molecule has 9 nitrogen and oxygen atoms in total. The van der Waals surface area contributed by atoms with Crippen LogP contribution in [-0.2, 0) is 4.74 Å². The lowest BCUT2D eigenvalue weighted by Gasteiger charge is -2.34. The highest BCUT2D eigenvalue weighted by atomic mass is 32.1. The number of hydrogen-bond acceptors (Lipinski definition) is 8. The maximum atomic E-state index is 12.4. The van der Waals surface area contributed by atoms with Crippen LogP contribution in [0, 0.1) is 0 Å². The Bertz CT molecular complexity index is 1190. The average molecular weight is 484 g/mol. The Morgan fingerprint density at radius 1 is 1.18 bits per heavy atom. The first-order valence-corrected chi connectivity index (χ1v) is 12.0. The molecule has 2 N–H and O–H groups in total. The third-order valence-electron chi connectivity index (χ3n) is 5.19. The summed E-state index contributed by atoms with van der Waals surface area (Å²) in [5, 5.41) is 6.83. The predicted octanol–water partition coefficient (Wildman–Crippen LogP) is 4.65. The first-order chi connectivity index (χ1) is 16.2. The molecule has 0 saturated carbocycles. The Balaban J connectivity index is 1.42. The van der Waals surface area contributed by atoms with Gasteiger partial charge in [0.15, 0.2) is 5.13 Å². The Morgan fingerprint density at radius 2 is 1.97 bits per heavy atom. The van der Waals surface area contributed by atoms with E-state index in [1.165, 1.54) is 17.5 Å². The lowest BCUT2D eigenvalue weighted by molar-refractivity contribution is 0.0206. The molecule has 1 fully saturated rings. The summed E-state index contributed by atoms with van der Waals surface area (Å²) in [6.07, 6.45) is 3.13. The molecule has 10 heteroatoms. The highest BCUT2D eigenvalue weighted by Gasteiger charge is 2.28. The van der Waals surface area contributed by atoms with E-state index in [0.717, 1.165) is 28.2 Å². The Hall–Kier alpha value is -3.40. The second-order valence-corrected chi connectivity index (χ2v) is 10.1. The Morgan fingerprint density at radius 3 is 2.74 bits per heavy atom. The maximum absolute atomic E-state index is 12.4. The number of pyridine rings is 1. The quantitative estimate of drug-likeness (QED) is 0.544. The van der Waals surface area contributed by atoms with Gasteiger partial charge >= 0.3 is 6.09 Å². The van der Waals surface area contributed by atoms with Crippen LogP contribution in [0.1, 0.15) is 44.1 Å². The van der Waals surface area contributed by atoms with Crippen molar-refractivity contribution in [2.24, 2.45) is 0 Å². The molecule has 1 unspecified atom stereocenters. The third-order valence-corrected chi connectivity index (χ3v) is 6.14. The van der Waals surface area contributed by atoms with Gasteiger partial charge in [-0.15, -0.1) is 0 Å². The number of nitrogens with one attached hydrogen (secondary N) is 2. The molecule has 3 heterocycles. The molecule has 0 spiro atoms. The highest BCUT2D eigenvalue weighted by Crippen LogP contribution is 2.32. The summed E-state index contributed by atoms with van der Waals surface area (Å²) in [5.41, 5.74) is 0.642. The summed E-state index contributed by atoms with van der Waals surface area (Å²) in [6.45, 7) is 6.90. The highest BCUT2D eigenvalue weighted by molar-refractivity contribution is 7.22. The number of nitrogens with zero attached hydrogens (tertiary/aromatic N) is 3. The largest absolute Gasteiger partial charge is 0.457 e. The molecular formula is C24H29N5O4S. The molecule has 4 rings (SSSR count). The van der Waals surface area contributed by atoms with Crippen molar-refractivity contribution in [3.63, 3.8) is 0 Å². The summed E-state index contributed by atoms with van der Waals surface area (Å²) < 4.78 is 12.4. The van der Waals surface area contributed by atoms with Gasteiger partial charge in [-0.05, 0) is 51.8 Å². The maximum Gasteiger partial charge on any atom is 0.410 e. The molecule has 180 valence electrons. The lowest BCUT2D eigenvalue weighted by Crippen LogP contribution is -2.46. The van der Waals surface area contributed by atoms with Crippen LogP contribution in [0.2, 0.25) is 0 Å². The van der Waals surface area contributed by atoms with Crippen LogP contribution in [0.4, 0.5) is 9.93 Å². The number of amides is 2. The summed E-state index contributed by atoms with van der Waals surface area (Å²) in [5.74, 6) is 0.901. The smallest absolute Gasteiger partial charge is 0.410 e. The fourth-order valence-corrected chi connectivity index (χ4v) is 4.63. The van der Waals surface area contributed by atoms with E-state index in [1.807, 2.05) is 39.0 Å². The molecule has 2 amide bonds. The molecule has 0 bridgehead atoms. The molecule has 1 aliphatic heterocycles. The number of carbonyl (C=O) groups is 2. The molecule has 34 heavy (non-hydrogen) atoms. The number of anilines is 1. The van der Waals surface area contributed by atoms with Gasteiger partial charge in [0.2, 0.25) is 0 Å².